The molecule has 2 unspecified atom stereocenters. The van der Waals surface area contributed by atoms with Crippen LogP contribution in [0.15, 0.2) is 0 Å². The van der Waals surface area contributed by atoms with Crippen molar-refractivity contribution in [1.29, 1.82) is 0 Å². The molecule has 0 aliphatic heterocycles. The van der Waals surface area contributed by atoms with Crippen LogP contribution in [0.1, 0.15) is 20.3 Å². The molecule has 0 amide bonds. The third-order valence-electron chi connectivity index (χ3n) is 1.58. The summed E-state index contributed by atoms with van der Waals surface area (Å²) in [5.74, 6) is -0.712. The molecule has 80 valence electrons. The molecule has 0 saturated heterocycles. The summed E-state index contributed by atoms with van der Waals surface area (Å²) in [6, 6.07) is -0.832. The number of alkyl halides is 1. The zero-order valence-corrected chi connectivity index (χ0v) is 8.59. The second-order valence-electron chi connectivity index (χ2n) is 3.56. The van der Waals surface area contributed by atoms with Gasteiger partial charge in [0.2, 0.25) is 0 Å². The van der Waals surface area contributed by atoms with Crippen molar-refractivity contribution >= 4 is 10.1 Å². The fourth-order valence-electron chi connectivity index (χ4n) is 1.02. The average Bonchev–Trinajstić information content (AvgIpc) is 1.81. The third-order valence-corrected chi connectivity index (χ3v) is 2.32. The first kappa shape index (κ1) is 12.8. The van der Waals surface area contributed by atoms with Crippen molar-refractivity contribution < 1.29 is 17.4 Å². The molecular weight excluding hydrogens is 197 g/mol. The topological polar surface area (TPSA) is 80.4 Å². The van der Waals surface area contributed by atoms with E-state index in [1.807, 2.05) is 13.8 Å². The van der Waals surface area contributed by atoms with Crippen LogP contribution in [0.2, 0.25) is 0 Å². The third kappa shape index (κ3) is 6.92. The summed E-state index contributed by atoms with van der Waals surface area (Å²) in [6.07, 6.45) is -1.30. The van der Waals surface area contributed by atoms with E-state index in [0.29, 0.717) is 6.42 Å². The lowest BCUT2D eigenvalue weighted by molar-refractivity contribution is 0.276. The van der Waals surface area contributed by atoms with Gasteiger partial charge in [-0.1, -0.05) is 13.8 Å². The van der Waals surface area contributed by atoms with Crippen molar-refractivity contribution in [3.63, 3.8) is 0 Å². The van der Waals surface area contributed by atoms with Gasteiger partial charge in [-0.2, -0.15) is 8.42 Å². The molecule has 0 heterocycles. The normalized spacial score (nSPS) is 17.4. The van der Waals surface area contributed by atoms with E-state index in [1.165, 1.54) is 0 Å². The number of rotatable bonds is 5. The minimum atomic E-state index is -4.26. The molecule has 0 aliphatic rings. The van der Waals surface area contributed by atoms with Gasteiger partial charge in [0.25, 0.3) is 10.1 Å². The van der Waals surface area contributed by atoms with E-state index in [-0.39, 0.29) is 5.92 Å². The molecule has 0 aromatic heterocycles. The molecule has 4 nitrogen and oxygen atoms in total. The van der Waals surface area contributed by atoms with E-state index in [4.69, 9.17) is 10.3 Å². The first-order valence-electron chi connectivity index (χ1n) is 4.07. The highest BCUT2D eigenvalue weighted by atomic mass is 32.2. The van der Waals surface area contributed by atoms with Crippen molar-refractivity contribution in [3.8, 4) is 0 Å². The van der Waals surface area contributed by atoms with Crippen molar-refractivity contribution in [2.24, 2.45) is 11.7 Å². The highest BCUT2D eigenvalue weighted by Crippen LogP contribution is 2.10. The van der Waals surface area contributed by atoms with Crippen LogP contribution in [0, 0.1) is 5.92 Å². The van der Waals surface area contributed by atoms with Gasteiger partial charge in [0.05, 0.1) is 0 Å². The molecule has 0 aliphatic carbocycles. The van der Waals surface area contributed by atoms with Gasteiger partial charge >= 0.3 is 0 Å². The Hall–Kier alpha value is -0.200. The Morgan fingerprint density at radius 2 is 1.92 bits per heavy atom. The van der Waals surface area contributed by atoms with Gasteiger partial charge < -0.3 is 5.73 Å². The van der Waals surface area contributed by atoms with Gasteiger partial charge in [-0.15, -0.1) is 0 Å². The lowest BCUT2D eigenvalue weighted by Gasteiger charge is -2.17. The molecule has 0 aromatic rings. The van der Waals surface area contributed by atoms with E-state index in [0.717, 1.165) is 0 Å². The van der Waals surface area contributed by atoms with E-state index >= 15 is 0 Å². The van der Waals surface area contributed by atoms with Crippen LogP contribution < -0.4 is 5.73 Å². The number of nitrogens with two attached hydrogens (primary N) is 1. The maximum Gasteiger partial charge on any atom is 0.267 e. The zero-order chi connectivity index (χ0) is 10.6. The molecule has 13 heavy (non-hydrogen) atoms. The van der Waals surface area contributed by atoms with E-state index in [2.05, 4.69) is 0 Å². The van der Waals surface area contributed by atoms with Crippen molar-refractivity contribution in [3.05, 3.63) is 0 Å². The molecule has 6 heteroatoms. The lowest BCUT2D eigenvalue weighted by atomic mass is 10.0. The van der Waals surface area contributed by atoms with Gasteiger partial charge in [0, 0.05) is 6.04 Å². The molecular formula is C7H16FNO3S. The maximum atomic E-state index is 13.0. The van der Waals surface area contributed by atoms with Gasteiger partial charge in [0.15, 0.2) is 0 Å². The Morgan fingerprint density at radius 3 is 2.23 bits per heavy atom. The number of hydrogen-bond donors (Lipinski definition) is 2. The predicted molar refractivity (Wildman–Crippen MR) is 48.7 cm³/mol. The summed E-state index contributed by atoms with van der Waals surface area (Å²) >= 11 is 0. The Balaban J connectivity index is 4.04. The monoisotopic (exact) mass is 213 g/mol. The van der Waals surface area contributed by atoms with Gasteiger partial charge in [-0.3, -0.25) is 4.55 Å². The largest absolute Gasteiger partial charge is 0.325 e. The summed E-state index contributed by atoms with van der Waals surface area (Å²) in [5, 5.41) is 0. The first-order chi connectivity index (χ1) is 5.72. The first-order valence-corrected chi connectivity index (χ1v) is 5.68. The Bertz CT molecular complexity index is 240. The quantitative estimate of drug-likeness (QED) is 0.655. The minimum absolute atomic E-state index is 0.203. The average molecular weight is 213 g/mol. The van der Waals surface area contributed by atoms with Crippen LogP contribution in [-0.2, 0) is 10.1 Å². The molecule has 0 spiro atoms. The summed E-state index contributed by atoms with van der Waals surface area (Å²) in [5.41, 5.74) is 5.37. The summed E-state index contributed by atoms with van der Waals surface area (Å²) < 4.78 is 41.9. The van der Waals surface area contributed by atoms with Gasteiger partial charge in [-0.05, 0) is 12.3 Å². The number of hydrogen-bond acceptors (Lipinski definition) is 3. The summed E-state index contributed by atoms with van der Waals surface area (Å²) in [7, 11) is -4.26. The van der Waals surface area contributed by atoms with Crippen molar-refractivity contribution in [2.75, 3.05) is 5.75 Å². The number of halogens is 1. The van der Waals surface area contributed by atoms with Crippen LogP contribution in [-0.4, -0.2) is 30.9 Å². The lowest BCUT2D eigenvalue weighted by Crippen LogP contribution is -2.37. The highest BCUT2D eigenvalue weighted by Gasteiger charge is 2.23. The van der Waals surface area contributed by atoms with E-state index < -0.39 is 28.1 Å². The van der Waals surface area contributed by atoms with Crippen molar-refractivity contribution in [2.45, 2.75) is 32.5 Å². The smallest absolute Gasteiger partial charge is 0.267 e. The SMILES string of the molecule is CC(C)CC(N)C(F)CS(=O)(=O)O. The van der Waals surface area contributed by atoms with Crippen LogP contribution in [0.3, 0.4) is 0 Å². The highest BCUT2D eigenvalue weighted by molar-refractivity contribution is 7.85. The van der Waals surface area contributed by atoms with Crippen molar-refractivity contribution in [1.82, 2.24) is 0 Å². The standard InChI is InChI=1S/C7H16FNO3S/c1-5(2)3-7(9)6(8)4-13(10,11)12/h5-7H,3-4,9H2,1-2H3,(H,10,11,12). The molecule has 2 atom stereocenters. The van der Waals surface area contributed by atoms with Gasteiger partial charge in [-0.25, -0.2) is 4.39 Å². The molecule has 0 aromatic carbocycles. The maximum absolute atomic E-state index is 13.0. The Kier molecular flexibility index (Phi) is 4.80. The summed E-state index contributed by atoms with van der Waals surface area (Å²) in [4.78, 5) is 0. The Morgan fingerprint density at radius 1 is 1.46 bits per heavy atom. The summed E-state index contributed by atoms with van der Waals surface area (Å²) in [6.45, 7) is 3.72. The Labute approximate surface area is 78.1 Å². The predicted octanol–water partition coefficient (Wildman–Crippen LogP) is 0.586. The fourth-order valence-corrected chi connectivity index (χ4v) is 1.67. The van der Waals surface area contributed by atoms with Crippen LogP contribution in [0.25, 0.3) is 0 Å². The molecule has 3 N–H and O–H groups in total. The molecule has 0 rings (SSSR count). The van der Waals surface area contributed by atoms with E-state index in [1.54, 1.807) is 0 Å². The minimum Gasteiger partial charge on any atom is -0.325 e. The second-order valence-corrected chi connectivity index (χ2v) is 5.06. The molecule has 0 fully saturated rings. The van der Waals surface area contributed by atoms with E-state index in [9.17, 15) is 12.8 Å². The fraction of sp³-hybridized carbons (Fsp3) is 1.00. The zero-order valence-electron chi connectivity index (χ0n) is 7.77. The molecule has 0 radical (unpaired) electrons. The van der Waals surface area contributed by atoms with Crippen LogP contribution >= 0.6 is 0 Å². The van der Waals surface area contributed by atoms with Crippen LogP contribution in [0.4, 0.5) is 4.39 Å². The second kappa shape index (κ2) is 4.88. The van der Waals surface area contributed by atoms with Crippen LogP contribution in [0.5, 0.6) is 0 Å². The van der Waals surface area contributed by atoms with Gasteiger partial charge in [0.1, 0.15) is 11.9 Å². The molecule has 0 bridgehead atoms. The molecule has 0 saturated carbocycles.